The Kier molecular flexibility index (Phi) is 5.51. The number of halogens is 1. The van der Waals surface area contributed by atoms with Crippen LogP contribution in [0.3, 0.4) is 0 Å². The van der Waals surface area contributed by atoms with E-state index in [-0.39, 0.29) is 6.04 Å². The molecule has 0 aliphatic rings. The molecule has 0 aliphatic carbocycles. The Morgan fingerprint density at radius 2 is 1.72 bits per heavy atom. The van der Waals surface area contributed by atoms with Crippen LogP contribution in [0.15, 0.2) is 65.1 Å². The molecule has 0 atom stereocenters. The standard InChI is InChI=1S/C23H22ClN3O2/c1-15(2)27(13-20-19-6-4-3-5-16(19)9-12-21(20)28)14-22-25-26-23(29-22)17-7-10-18(24)11-8-17/h3-12,15,28H,13-14H2,1-2H3. The monoisotopic (exact) mass is 407 g/mol. The lowest BCUT2D eigenvalue weighted by atomic mass is 10.0. The van der Waals surface area contributed by atoms with Crippen molar-refractivity contribution in [3.05, 3.63) is 77.1 Å². The predicted molar refractivity (Wildman–Crippen MR) is 115 cm³/mol. The van der Waals surface area contributed by atoms with Crippen LogP contribution in [0.1, 0.15) is 25.3 Å². The average Bonchev–Trinajstić information content (AvgIpc) is 3.18. The molecular formula is C23H22ClN3O2. The molecule has 1 aromatic heterocycles. The van der Waals surface area contributed by atoms with Gasteiger partial charge in [-0.15, -0.1) is 10.2 Å². The van der Waals surface area contributed by atoms with Crippen LogP contribution in [0, 0.1) is 0 Å². The molecule has 6 heteroatoms. The van der Waals surface area contributed by atoms with Crippen LogP contribution in [0.5, 0.6) is 5.75 Å². The molecule has 0 saturated carbocycles. The molecule has 4 aromatic rings. The molecule has 4 rings (SSSR count). The van der Waals surface area contributed by atoms with Crippen LogP contribution in [0.2, 0.25) is 5.02 Å². The van der Waals surface area contributed by atoms with Gasteiger partial charge in [-0.1, -0.05) is 41.9 Å². The van der Waals surface area contributed by atoms with Crippen LogP contribution in [0.25, 0.3) is 22.2 Å². The summed E-state index contributed by atoms with van der Waals surface area (Å²) in [6.07, 6.45) is 0. The third-order valence-electron chi connectivity index (χ3n) is 5.00. The number of benzene rings is 3. The molecule has 1 N–H and O–H groups in total. The van der Waals surface area contributed by atoms with Crippen molar-refractivity contribution in [1.29, 1.82) is 0 Å². The first-order valence-electron chi connectivity index (χ1n) is 9.53. The molecule has 0 fully saturated rings. The fraction of sp³-hybridized carbons (Fsp3) is 0.217. The highest BCUT2D eigenvalue weighted by atomic mass is 35.5. The molecule has 5 nitrogen and oxygen atoms in total. The minimum absolute atomic E-state index is 0.222. The van der Waals surface area contributed by atoms with Gasteiger partial charge in [0.1, 0.15) is 5.75 Å². The average molecular weight is 408 g/mol. The Morgan fingerprint density at radius 1 is 0.966 bits per heavy atom. The second kappa shape index (κ2) is 8.23. The molecule has 1 heterocycles. The van der Waals surface area contributed by atoms with Gasteiger partial charge >= 0.3 is 0 Å². The molecule has 0 amide bonds. The largest absolute Gasteiger partial charge is 0.508 e. The number of hydrogen-bond donors (Lipinski definition) is 1. The number of nitrogens with zero attached hydrogens (tertiary/aromatic N) is 3. The fourth-order valence-electron chi connectivity index (χ4n) is 3.32. The van der Waals surface area contributed by atoms with Gasteiger partial charge in [-0.25, -0.2) is 0 Å². The molecule has 0 saturated heterocycles. The number of aromatic nitrogens is 2. The Hall–Kier alpha value is -2.89. The van der Waals surface area contributed by atoms with E-state index in [1.165, 1.54) is 0 Å². The van der Waals surface area contributed by atoms with Crippen LogP contribution < -0.4 is 0 Å². The minimum Gasteiger partial charge on any atom is -0.508 e. The smallest absolute Gasteiger partial charge is 0.247 e. The molecule has 0 radical (unpaired) electrons. The number of hydrogen-bond acceptors (Lipinski definition) is 5. The van der Waals surface area contributed by atoms with Gasteiger partial charge in [-0.2, -0.15) is 0 Å². The van der Waals surface area contributed by atoms with Gasteiger partial charge in [0.15, 0.2) is 0 Å². The lowest BCUT2D eigenvalue weighted by Gasteiger charge is -2.26. The number of aromatic hydroxyl groups is 1. The van der Waals surface area contributed by atoms with Crippen molar-refractivity contribution in [3.63, 3.8) is 0 Å². The molecule has 148 valence electrons. The van der Waals surface area contributed by atoms with Crippen molar-refractivity contribution < 1.29 is 9.52 Å². The summed E-state index contributed by atoms with van der Waals surface area (Å²) in [7, 11) is 0. The van der Waals surface area contributed by atoms with Crippen LogP contribution >= 0.6 is 11.6 Å². The normalized spacial score (nSPS) is 11.6. The van der Waals surface area contributed by atoms with Gasteiger partial charge in [-0.3, -0.25) is 4.90 Å². The minimum atomic E-state index is 0.222. The Bertz CT molecular complexity index is 1120. The number of fused-ring (bicyclic) bond motifs is 1. The fourth-order valence-corrected chi connectivity index (χ4v) is 3.44. The van der Waals surface area contributed by atoms with Crippen molar-refractivity contribution in [3.8, 4) is 17.2 Å². The lowest BCUT2D eigenvalue weighted by molar-refractivity contribution is 0.183. The summed E-state index contributed by atoms with van der Waals surface area (Å²) in [5.41, 5.74) is 1.73. The molecule has 0 unspecified atom stereocenters. The summed E-state index contributed by atoms with van der Waals surface area (Å²) in [4.78, 5) is 2.20. The van der Waals surface area contributed by atoms with E-state index < -0.39 is 0 Å². The zero-order valence-electron chi connectivity index (χ0n) is 16.3. The van der Waals surface area contributed by atoms with E-state index in [4.69, 9.17) is 16.0 Å². The second-order valence-corrected chi connectivity index (χ2v) is 7.73. The lowest BCUT2D eigenvalue weighted by Crippen LogP contribution is -2.30. The topological polar surface area (TPSA) is 62.4 Å². The first-order valence-corrected chi connectivity index (χ1v) is 9.91. The van der Waals surface area contributed by atoms with Gasteiger partial charge in [0.05, 0.1) is 6.54 Å². The Labute approximate surface area is 174 Å². The van der Waals surface area contributed by atoms with Crippen LogP contribution in [-0.2, 0) is 13.1 Å². The van der Waals surface area contributed by atoms with E-state index >= 15 is 0 Å². The van der Waals surface area contributed by atoms with Gasteiger partial charge < -0.3 is 9.52 Å². The second-order valence-electron chi connectivity index (χ2n) is 7.29. The maximum absolute atomic E-state index is 10.5. The third kappa shape index (κ3) is 4.26. The van der Waals surface area contributed by atoms with Crippen molar-refractivity contribution in [2.75, 3.05) is 0 Å². The quantitative estimate of drug-likeness (QED) is 0.446. The maximum Gasteiger partial charge on any atom is 0.247 e. The highest BCUT2D eigenvalue weighted by Gasteiger charge is 2.18. The summed E-state index contributed by atoms with van der Waals surface area (Å²) < 4.78 is 5.88. The summed E-state index contributed by atoms with van der Waals surface area (Å²) in [5.74, 6) is 1.29. The Balaban J connectivity index is 1.59. The van der Waals surface area contributed by atoms with Crippen LogP contribution in [0.4, 0.5) is 0 Å². The zero-order valence-corrected chi connectivity index (χ0v) is 17.1. The summed E-state index contributed by atoms with van der Waals surface area (Å²) in [6, 6.07) is 19.3. The summed E-state index contributed by atoms with van der Waals surface area (Å²) >= 11 is 5.95. The first kappa shape index (κ1) is 19.4. The van der Waals surface area contributed by atoms with Crippen LogP contribution in [-0.4, -0.2) is 26.2 Å². The van der Waals surface area contributed by atoms with E-state index in [2.05, 4.69) is 28.9 Å². The van der Waals surface area contributed by atoms with E-state index in [0.717, 1.165) is 21.9 Å². The molecule has 3 aromatic carbocycles. The van der Waals surface area contributed by atoms with E-state index in [0.29, 0.717) is 35.6 Å². The maximum atomic E-state index is 10.5. The van der Waals surface area contributed by atoms with Crippen molar-refractivity contribution >= 4 is 22.4 Å². The number of phenols is 1. The summed E-state index contributed by atoms with van der Waals surface area (Å²) in [6.45, 7) is 5.28. The van der Waals surface area contributed by atoms with Crippen molar-refractivity contribution in [2.45, 2.75) is 33.0 Å². The highest BCUT2D eigenvalue weighted by molar-refractivity contribution is 6.30. The van der Waals surface area contributed by atoms with Gasteiger partial charge in [0.2, 0.25) is 11.8 Å². The zero-order chi connectivity index (χ0) is 20.4. The number of phenolic OH excluding ortho intramolecular Hbond substituents is 1. The molecule has 29 heavy (non-hydrogen) atoms. The molecule has 0 aliphatic heterocycles. The number of rotatable bonds is 6. The molecular weight excluding hydrogens is 386 g/mol. The van der Waals surface area contributed by atoms with Crippen molar-refractivity contribution in [1.82, 2.24) is 15.1 Å². The van der Waals surface area contributed by atoms with E-state index in [1.54, 1.807) is 18.2 Å². The molecule has 0 bridgehead atoms. The third-order valence-corrected chi connectivity index (χ3v) is 5.26. The first-order chi connectivity index (χ1) is 14.0. The van der Waals surface area contributed by atoms with Gasteiger partial charge in [-0.05, 0) is 55.0 Å². The highest BCUT2D eigenvalue weighted by Crippen LogP contribution is 2.29. The van der Waals surface area contributed by atoms with E-state index in [1.807, 2.05) is 42.5 Å². The Morgan fingerprint density at radius 3 is 2.48 bits per heavy atom. The van der Waals surface area contributed by atoms with Crippen molar-refractivity contribution in [2.24, 2.45) is 0 Å². The summed E-state index contributed by atoms with van der Waals surface area (Å²) in [5, 5.41) is 21.7. The SMILES string of the molecule is CC(C)N(Cc1nnc(-c2ccc(Cl)cc2)o1)Cc1c(O)ccc2ccccc12. The van der Waals surface area contributed by atoms with Gasteiger partial charge in [0.25, 0.3) is 0 Å². The van der Waals surface area contributed by atoms with Gasteiger partial charge in [0, 0.05) is 28.7 Å². The predicted octanol–water partition coefficient (Wildman–Crippen LogP) is 5.66. The van der Waals surface area contributed by atoms with E-state index in [9.17, 15) is 5.11 Å². The molecule has 0 spiro atoms.